The van der Waals surface area contributed by atoms with Crippen molar-refractivity contribution in [2.75, 3.05) is 5.88 Å². The molecule has 0 saturated carbocycles. The Balaban J connectivity index is 3.73. The number of hydrogen-bond donors (Lipinski definition) is 0. The maximum absolute atomic E-state index is 11.0. The van der Waals surface area contributed by atoms with Crippen LogP contribution in [-0.4, -0.2) is 11.7 Å². The Hall–Kier alpha value is -0.0400. The van der Waals surface area contributed by atoms with Crippen LogP contribution in [-0.2, 0) is 4.79 Å². The summed E-state index contributed by atoms with van der Waals surface area (Å²) in [7, 11) is 0. The molecule has 0 amide bonds. The molecule has 0 spiro atoms. The molecule has 0 aliphatic heterocycles. The fourth-order valence-corrected chi connectivity index (χ4v) is 0.797. The number of hydrogen-bond acceptors (Lipinski definition) is 1. The lowest BCUT2D eigenvalue weighted by atomic mass is 9.99. The van der Waals surface area contributed by atoms with Gasteiger partial charge in [0.05, 0.1) is 0 Å². The van der Waals surface area contributed by atoms with Gasteiger partial charge in [0.25, 0.3) is 0 Å². The molecule has 0 saturated heterocycles. The van der Waals surface area contributed by atoms with Gasteiger partial charge in [-0.1, -0.05) is 20.8 Å². The maximum atomic E-state index is 11.0. The van der Waals surface area contributed by atoms with E-state index < -0.39 is 0 Å². The van der Waals surface area contributed by atoms with E-state index in [4.69, 9.17) is 11.6 Å². The number of carbonyl (C=O) groups is 1. The van der Waals surface area contributed by atoms with E-state index >= 15 is 0 Å². The third kappa shape index (κ3) is 2.85. The second-order valence-electron chi connectivity index (χ2n) is 2.61. The minimum Gasteiger partial charge on any atom is -0.299 e. The van der Waals surface area contributed by atoms with Gasteiger partial charge in [0.1, 0.15) is 5.78 Å². The predicted octanol–water partition coefficient (Wildman–Crippen LogP) is 2.09. The lowest BCUT2D eigenvalue weighted by Crippen LogP contribution is -2.17. The van der Waals surface area contributed by atoms with Crippen molar-refractivity contribution in [3.05, 3.63) is 0 Å². The quantitative estimate of drug-likeness (QED) is 0.561. The highest BCUT2D eigenvalue weighted by molar-refractivity contribution is 6.19. The molecule has 54 valence electrons. The summed E-state index contributed by atoms with van der Waals surface area (Å²) in [6.45, 7) is 5.64. The van der Waals surface area contributed by atoms with E-state index in [9.17, 15) is 4.79 Å². The molecule has 1 nitrogen and oxygen atoms in total. The third-order valence-corrected chi connectivity index (χ3v) is 1.75. The van der Waals surface area contributed by atoms with Gasteiger partial charge in [-0.25, -0.2) is 0 Å². The zero-order valence-corrected chi connectivity index (χ0v) is 6.90. The van der Waals surface area contributed by atoms with E-state index in [1.807, 2.05) is 20.8 Å². The van der Waals surface area contributed by atoms with Crippen LogP contribution in [0.3, 0.4) is 0 Å². The Morgan fingerprint density at radius 2 is 1.89 bits per heavy atom. The Kier molecular flexibility index (Phi) is 3.87. The maximum Gasteiger partial charge on any atom is 0.139 e. The van der Waals surface area contributed by atoms with Crippen molar-refractivity contribution in [3.63, 3.8) is 0 Å². The minimum absolute atomic E-state index is 0.0201. The highest BCUT2D eigenvalue weighted by Gasteiger charge is 2.14. The second kappa shape index (κ2) is 3.89. The molecule has 0 aromatic heterocycles. The van der Waals surface area contributed by atoms with E-state index in [0.717, 1.165) is 0 Å². The molecule has 0 aliphatic carbocycles. The van der Waals surface area contributed by atoms with Crippen molar-refractivity contribution in [1.82, 2.24) is 0 Å². The van der Waals surface area contributed by atoms with E-state index in [2.05, 4.69) is 0 Å². The van der Waals surface area contributed by atoms with Gasteiger partial charge in [-0.05, 0) is 0 Å². The first-order valence-corrected chi connectivity index (χ1v) is 3.72. The highest BCUT2D eigenvalue weighted by Crippen LogP contribution is 2.06. The van der Waals surface area contributed by atoms with Gasteiger partial charge in [-0.3, -0.25) is 4.79 Å². The first kappa shape index (κ1) is 8.96. The summed E-state index contributed by atoms with van der Waals surface area (Å²) in [5.41, 5.74) is 0. The molecule has 0 aromatic rings. The monoisotopic (exact) mass is 148 g/mol. The Bertz CT molecular complexity index is 99.1. The van der Waals surface area contributed by atoms with Crippen molar-refractivity contribution in [2.45, 2.75) is 20.8 Å². The number of Topliss-reactive ketones (excluding diaryl/α,β-unsaturated/α-hetero) is 1. The van der Waals surface area contributed by atoms with E-state index in [-0.39, 0.29) is 17.6 Å². The van der Waals surface area contributed by atoms with Gasteiger partial charge in [0.2, 0.25) is 0 Å². The molecule has 0 heterocycles. The van der Waals surface area contributed by atoms with Gasteiger partial charge in [-0.2, -0.15) is 0 Å². The molecule has 2 heteroatoms. The Morgan fingerprint density at radius 1 is 1.44 bits per heavy atom. The zero-order chi connectivity index (χ0) is 7.44. The summed E-state index contributed by atoms with van der Waals surface area (Å²) >= 11 is 5.47. The van der Waals surface area contributed by atoms with Crippen LogP contribution in [0.2, 0.25) is 0 Å². The third-order valence-electron chi connectivity index (χ3n) is 1.29. The first-order chi connectivity index (χ1) is 4.09. The molecular formula is C7H13ClO. The lowest BCUT2D eigenvalue weighted by Gasteiger charge is -2.07. The van der Waals surface area contributed by atoms with Crippen molar-refractivity contribution in [2.24, 2.45) is 11.8 Å². The molecule has 0 bridgehead atoms. The van der Waals surface area contributed by atoms with Crippen LogP contribution in [0.25, 0.3) is 0 Å². The Labute approximate surface area is 61.4 Å². The molecule has 9 heavy (non-hydrogen) atoms. The molecule has 1 atom stereocenters. The van der Waals surface area contributed by atoms with Crippen LogP contribution >= 0.6 is 11.6 Å². The normalized spacial score (nSPS) is 13.9. The fourth-order valence-electron chi connectivity index (χ4n) is 0.645. The minimum atomic E-state index is 0.0201. The number of ketones is 1. The van der Waals surface area contributed by atoms with Crippen LogP contribution in [0.5, 0.6) is 0 Å². The number of halogens is 1. The lowest BCUT2D eigenvalue weighted by molar-refractivity contribution is -0.124. The first-order valence-electron chi connectivity index (χ1n) is 3.19. The van der Waals surface area contributed by atoms with Gasteiger partial charge in [0.15, 0.2) is 0 Å². The van der Waals surface area contributed by atoms with Crippen LogP contribution in [0.15, 0.2) is 0 Å². The number of alkyl halides is 1. The van der Waals surface area contributed by atoms with E-state index in [0.29, 0.717) is 5.88 Å². The predicted molar refractivity (Wildman–Crippen MR) is 39.7 cm³/mol. The summed E-state index contributed by atoms with van der Waals surface area (Å²) < 4.78 is 0. The van der Waals surface area contributed by atoms with Crippen molar-refractivity contribution >= 4 is 17.4 Å². The molecule has 0 N–H and O–H groups in total. The average Bonchev–Trinajstić information content (AvgIpc) is 1.84. The summed E-state index contributed by atoms with van der Waals surface area (Å²) in [5, 5.41) is 0. The van der Waals surface area contributed by atoms with Gasteiger partial charge >= 0.3 is 0 Å². The zero-order valence-electron chi connectivity index (χ0n) is 6.15. The van der Waals surface area contributed by atoms with E-state index in [1.165, 1.54) is 0 Å². The number of carbonyl (C=O) groups excluding carboxylic acids is 1. The second-order valence-corrected chi connectivity index (χ2v) is 2.92. The number of rotatable bonds is 3. The summed E-state index contributed by atoms with van der Waals surface area (Å²) in [6.07, 6.45) is 0. The van der Waals surface area contributed by atoms with Crippen molar-refractivity contribution in [1.29, 1.82) is 0 Å². The standard InChI is InChI=1S/C7H13ClO/c1-5(2)7(9)6(3)4-8/h5-6H,4H2,1-3H3. The molecular weight excluding hydrogens is 136 g/mol. The molecule has 0 rings (SSSR count). The molecule has 0 radical (unpaired) electrons. The van der Waals surface area contributed by atoms with Crippen molar-refractivity contribution < 1.29 is 4.79 Å². The smallest absolute Gasteiger partial charge is 0.139 e. The van der Waals surface area contributed by atoms with Crippen molar-refractivity contribution in [3.8, 4) is 0 Å². The average molecular weight is 149 g/mol. The summed E-state index contributed by atoms with van der Waals surface area (Å²) in [6, 6.07) is 0. The van der Waals surface area contributed by atoms with Gasteiger partial charge in [-0.15, -0.1) is 11.6 Å². The van der Waals surface area contributed by atoms with Crippen LogP contribution < -0.4 is 0 Å². The molecule has 0 fully saturated rings. The topological polar surface area (TPSA) is 17.1 Å². The highest BCUT2D eigenvalue weighted by atomic mass is 35.5. The molecule has 0 aromatic carbocycles. The van der Waals surface area contributed by atoms with Gasteiger partial charge < -0.3 is 0 Å². The molecule has 0 aliphatic rings. The fraction of sp³-hybridized carbons (Fsp3) is 0.857. The van der Waals surface area contributed by atoms with Gasteiger partial charge in [0, 0.05) is 17.7 Å². The molecule has 1 unspecified atom stereocenters. The largest absolute Gasteiger partial charge is 0.299 e. The van der Waals surface area contributed by atoms with Crippen LogP contribution in [0.1, 0.15) is 20.8 Å². The van der Waals surface area contributed by atoms with Crippen LogP contribution in [0.4, 0.5) is 0 Å². The van der Waals surface area contributed by atoms with E-state index in [1.54, 1.807) is 0 Å². The SMILES string of the molecule is CC(C)C(=O)C(C)CCl. The Morgan fingerprint density at radius 3 is 2.00 bits per heavy atom. The van der Waals surface area contributed by atoms with Crippen LogP contribution in [0, 0.1) is 11.8 Å². The summed E-state index contributed by atoms with van der Waals surface area (Å²) in [4.78, 5) is 11.0. The summed E-state index contributed by atoms with van der Waals surface area (Å²) in [5.74, 6) is 0.840.